The van der Waals surface area contributed by atoms with E-state index in [2.05, 4.69) is 70.2 Å². The van der Waals surface area contributed by atoms with Gasteiger partial charge in [0.1, 0.15) is 12.4 Å². The molecule has 2 aromatic rings. The van der Waals surface area contributed by atoms with Gasteiger partial charge < -0.3 is 10.5 Å². The van der Waals surface area contributed by atoms with Crippen LogP contribution in [-0.4, -0.2) is 6.04 Å². The summed E-state index contributed by atoms with van der Waals surface area (Å²) in [5.41, 5.74) is 10.2. The van der Waals surface area contributed by atoms with Crippen LogP contribution in [0.4, 0.5) is 0 Å². The van der Waals surface area contributed by atoms with Gasteiger partial charge in [0.15, 0.2) is 0 Å². The van der Waals surface area contributed by atoms with Gasteiger partial charge in [0.05, 0.1) is 0 Å². The molecule has 0 aliphatic rings. The largest absolute Gasteiger partial charge is 0.489 e. The second-order valence-electron chi connectivity index (χ2n) is 7.33. The zero-order valence-corrected chi connectivity index (χ0v) is 14.8. The summed E-state index contributed by atoms with van der Waals surface area (Å²) in [7, 11) is 0. The Labute approximate surface area is 140 Å². The van der Waals surface area contributed by atoms with Crippen LogP contribution in [0.2, 0.25) is 0 Å². The number of benzene rings is 2. The molecule has 0 amide bonds. The van der Waals surface area contributed by atoms with Crippen molar-refractivity contribution in [2.24, 2.45) is 11.1 Å². The van der Waals surface area contributed by atoms with Crippen molar-refractivity contribution in [3.63, 3.8) is 0 Å². The van der Waals surface area contributed by atoms with Crippen molar-refractivity contribution < 1.29 is 4.74 Å². The molecular weight excluding hydrogens is 282 g/mol. The standard InChI is InChI=1S/C21H29NO/c1-16-9-5-6-11-18(16)15-23-19-12-8-7-10-17(19)13-14-20(22)21(2,3)4/h5-12,20H,13-15,22H2,1-4H3. The molecule has 124 valence electrons. The van der Waals surface area contributed by atoms with E-state index in [9.17, 15) is 0 Å². The highest BCUT2D eigenvalue weighted by molar-refractivity contribution is 5.34. The second kappa shape index (κ2) is 7.65. The van der Waals surface area contributed by atoms with Crippen molar-refractivity contribution in [1.82, 2.24) is 0 Å². The minimum Gasteiger partial charge on any atom is -0.489 e. The highest BCUT2D eigenvalue weighted by Crippen LogP contribution is 2.25. The summed E-state index contributed by atoms with van der Waals surface area (Å²) >= 11 is 0. The molecule has 0 bridgehead atoms. The summed E-state index contributed by atoms with van der Waals surface area (Å²) in [6.07, 6.45) is 1.91. The fourth-order valence-electron chi connectivity index (χ4n) is 2.52. The third kappa shape index (κ3) is 5.11. The number of rotatable bonds is 6. The van der Waals surface area contributed by atoms with Crippen molar-refractivity contribution >= 4 is 0 Å². The zero-order valence-electron chi connectivity index (χ0n) is 14.8. The maximum atomic E-state index is 6.29. The van der Waals surface area contributed by atoms with Crippen LogP contribution in [0.25, 0.3) is 0 Å². The summed E-state index contributed by atoms with van der Waals surface area (Å²) in [6.45, 7) is 9.30. The van der Waals surface area contributed by atoms with Crippen molar-refractivity contribution in [3.05, 3.63) is 65.2 Å². The lowest BCUT2D eigenvalue weighted by molar-refractivity contribution is 0.293. The predicted octanol–water partition coefficient (Wildman–Crippen LogP) is 4.88. The number of aryl methyl sites for hydroxylation is 2. The molecule has 0 spiro atoms. The van der Waals surface area contributed by atoms with E-state index in [1.165, 1.54) is 16.7 Å². The van der Waals surface area contributed by atoms with E-state index in [1.807, 2.05) is 6.07 Å². The first kappa shape index (κ1) is 17.6. The smallest absolute Gasteiger partial charge is 0.122 e. The minimum absolute atomic E-state index is 0.136. The van der Waals surface area contributed by atoms with Crippen LogP contribution in [0.3, 0.4) is 0 Å². The predicted molar refractivity (Wildman–Crippen MR) is 97.7 cm³/mol. The Kier molecular flexibility index (Phi) is 5.84. The van der Waals surface area contributed by atoms with E-state index < -0.39 is 0 Å². The first-order valence-electron chi connectivity index (χ1n) is 8.38. The molecule has 2 heteroatoms. The lowest BCUT2D eigenvalue weighted by Crippen LogP contribution is -2.35. The van der Waals surface area contributed by atoms with Gasteiger partial charge in [-0.3, -0.25) is 0 Å². The Morgan fingerprint density at radius 3 is 2.22 bits per heavy atom. The number of para-hydroxylation sites is 1. The van der Waals surface area contributed by atoms with E-state index >= 15 is 0 Å². The average molecular weight is 311 g/mol. The highest BCUT2D eigenvalue weighted by atomic mass is 16.5. The molecule has 2 N–H and O–H groups in total. The van der Waals surface area contributed by atoms with Gasteiger partial charge in [0.25, 0.3) is 0 Å². The molecule has 0 fully saturated rings. The van der Waals surface area contributed by atoms with Gasteiger partial charge in [-0.05, 0) is 47.9 Å². The fourth-order valence-corrected chi connectivity index (χ4v) is 2.52. The van der Waals surface area contributed by atoms with Crippen molar-refractivity contribution in [1.29, 1.82) is 0 Å². The van der Waals surface area contributed by atoms with E-state index in [-0.39, 0.29) is 11.5 Å². The van der Waals surface area contributed by atoms with Gasteiger partial charge in [-0.1, -0.05) is 63.2 Å². The van der Waals surface area contributed by atoms with Gasteiger partial charge in [-0.2, -0.15) is 0 Å². The molecule has 23 heavy (non-hydrogen) atoms. The molecular formula is C21H29NO. The summed E-state index contributed by atoms with van der Waals surface area (Å²) in [6, 6.07) is 16.8. The molecule has 0 saturated carbocycles. The molecule has 1 atom stereocenters. The van der Waals surface area contributed by atoms with Crippen LogP contribution in [0.1, 0.15) is 43.9 Å². The quantitative estimate of drug-likeness (QED) is 0.825. The van der Waals surface area contributed by atoms with Gasteiger partial charge in [0, 0.05) is 6.04 Å². The van der Waals surface area contributed by atoms with Crippen molar-refractivity contribution in [2.75, 3.05) is 0 Å². The fraction of sp³-hybridized carbons (Fsp3) is 0.429. The van der Waals surface area contributed by atoms with Gasteiger partial charge in [-0.25, -0.2) is 0 Å². The van der Waals surface area contributed by atoms with E-state index in [0.717, 1.165) is 18.6 Å². The zero-order chi connectivity index (χ0) is 16.9. The molecule has 0 aliphatic heterocycles. The molecule has 2 nitrogen and oxygen atoms in total. The molecule has 0 radical (unpaired) electrons. The molecule has 0 saturated heterocycles. The lowest BCUT2D eigenvalue weighted by Gasteiger charge is -2.27. The van der Waals surface area contributed by atoms with Crippen LogP contribution in [-0.2, 0) is 13.0 Å². The lowest BCUT2D eigenvalue weighted by atomic mass is 9.84. The minimum atomic E-state index is 0.136. The van der Waals surface area contributed by atoms with Crippen molar-refractivity contribution in [2.45, 2.75) is 53.2 Å². The summed E-state index contributed by atoms with van der Waals surface area (Å²) in [5, 5.41) is 0. The van der Waals surface area contributed by atoms with Crippen LogP contribution in [0, 0.1) is 12.3 Å². The Morgan fingerprint density at radius 1 is 0.957 bits per heavy atom. The third-order valence-corrected chi connectivity index (χ3v) is 4.45. The Balaban J connectivity index is 2.02. The monoisotopic (exact) mass is 311 g/mol. The average Bonchev–Trinajstić information content (AvgIpc) is 2.51. The number of hydrogen-bond donors (Lipinski definition) is 1. The summed E-state index contributed by atoms with van der Waals surface area (Å²) < 4.78 is 6.08. The number of nitrogens with two attached hydrogens (primary N) is 1. The number of ether oxygens (including phenoxy) is 1. The first-order chi connectivity index (χ1) is 10.9. The Hall–Kier alpha value is -1.80. The second-order valence-corrected chi connectivity index (χ2v) is 7.33. The topological polar surface area (TPSA) is 35.2 Å². The normalized spacial score (nSPS) is 12.9. The van der Waals surface area contributed by atoms with Crippen LogP contribution in [0.5, 0.6) is 5.75 Å². The summed E-state index contributed by atoms with van der Waals surface area (Å²) in [5.74, 6) is 0.969. The third-order valence-electron chi connectivity index (χ3n) is 4.45. The molecule has 0 aliphatic carbocycles. The highest BCUT2D eigenvalue weighted by Gasteiger charge is 2.20. The van der Waals surface area contributed by atoms with Crippen LogP contribution >= 0.6 is 0 Å². The maximum absolute atomic E-state index is 6.29. The molecule has 0 heterocycles. The van der Waals surface area contributed by atoms with Gasteiger partial charge in [0.2, 0.25) is 0 Å². The Bertz CT molecular complexity index is 628. The van der Waals surface area contributed by atoms with E-state index in [1.54, 1.807) is 0 Å². The van der Waals surface area contributed by atoms with Gasteiger partial charge in [-0.15, -0.1) is 0 Å². The molecule has 1 unspecified atom stereocenters. The molecule has 2 rings (SSSR count). The van der Waals surface area contributed by atoms with E-state index in [0.29, 0.717) is 6.61 Å². The van der Waals surface area contributed by atoms with Crippen molar-refractivity contribution in [3.8, 4) is 5.75 Å². The van der Waals surface area contributed by atoms with Gasteiger partial charge >= 0.3 is 0 Å². The molecule has 2 aromatic carbocycles. The van der Waals surface area contributed by atoms with Crippen LogP contribution < -0.4 is 10.5 Å². The van der Waals surface area contributed by atoms with Crippen LogP contribution in [0.15, 0.2) is 48.5 Å². The number of hydrogen-bond acceptors (Lipinski definition) is 2. The summed E-state index contributed by atoms with van der Waals surface area (Å²) in [4.78, 5) is 0. The van der Waals surface area contributed by atoms with E-state index in [4.69, 9.17) is 10.5 Å². The Morgan fingerprint density at radius 2 is 1.57 bits per heavy atom. The SMILES string of the molecule is Cc1ccccc1COc1ccccc1CCC(N)C(C)(C)C. The first-order valence-corrected chi connectivity index (χ1v) is 8.38. The maximum Gasteiger partial charge on any atom is 0.122 e. The molecule has 0 aromatic heterocycles.